The van der Waals surface area contributed by atoms with Crippen LogP contribution < -0.4 is 10.5 Å². The molecule has 2 aromatic rings. The monoisotopic (exact) mass is 229 g/mol. The molecule has 17 heavy (non-hydrogen) atoms. The number of hydrogen-bond acceptors (Lipinski definition) is 4. The topological polar surface area (TPSA) is 61.0 Å². The second kappa shape index (κ2) is 5.41. The Bertz CT molecular complexity index is 482. The van der Waals surface area contributed by atoms with E-state index in [2.05, 4.69) is 16.0 Å². The van der Waals surface area contributed by atoms with Gasteiger partial charge in [0.25, 0.3) is 0 Å². The Kier molecular flexibility index (Phi) is 3.67. The summed E-state index contributed by atoms with van der Waals surface area (Å²) in [6.45, 7) is 2.95. The van der Waals surface area contributed by atoms with Gasteiger partial charge in [-0.2, -0.15) is 0 Å². The molecule has 2 rings (SSSR count). The molecule has 2 heterocycles. The molecule has 4 heteroatoms. The summed E-state index contributed by atoms with van der Waals surface area (Å²) in [4.78, 5) is 8.27. The molecule has 88 valence electrons. The third-order valence-corrected chi connectivity index (χ3v) is 2.34. The molecule has 0 radical (unpaired) electrons. The fourth-order valence-electron chi connectivity index (χ4n) is 1.48. The van der Waals surface area contributed by atoms with Gasteiger partial charge < -0.3 is 10.5 Å². The van der Waals surface area contributed by atoms with Gasteiger partial charge in [0.05, 0.1) is 11.9 Å². The van der Waals surface area contributed by atoms with Gasteiger partial charge in [0, 0.05) is 24.5 Å². The first-order chi connectivity index (χ1) is 8.28. The largest absolute Gasteiger partial charge is 0.487 e. The molecule has 0 fully saturated rings. The van der Waals surface area contributed by atoms with Gasteiger partial charge in [-0.3, -0.25) is 9.97 Å². The van der Waals surface area contributed by atoms with Gasteiger partial charge in [-0.1, -0.05) is 0 Å². The van der Waals surface area contributed by atoms with Crippen LogP contribution in [0.3, 0.4) is 0 Å². The van der Waals surface area contributed by atoms with Crippen LogP contribution >= 0.6 is 0 Å². The van der Waals surface area contributed by atoms with Crippen LogP contribution in [0.5, 0.6) is 5.75 Å². The maximum Gasteiger partial charge on any atom is 0.138 e. The SMILES string of the molecule is Cc1cncc(COc2ccc(CN)nc2)c1. The van der Waals surface area contributed by atoms with E-state index in [4.69, 9.17) is 10.5 Å². The summed E-state index contributed by atoms with van der Waals surface area (Å²) in [5.74, 6) is 0.740. The summed E-state index contributed by atoms with van der Waals surface area (Å²) < 4.78 is 5.60. The number of ether oxygens (including phenoxy) is 1. The highest BCUT2D eigenvalue weighted by molar-refractivity contribution is 5.21. The molecule has 2 N–H and O–H groups in total. The van der Waals surface area contributed by atoms with E-state index in [-0.39, 0.29) is 0 Å². The van der Waals surface area contributed by atoms with E-state index < -0.39 is 0 Å². The molecular weight excluding hydrogens is 214 g/mol. The first-order valence-electron chi connectivity index (χ1n) is 5.46. The van der Waals surface area contributed by atoms with Crippen molar-refractivity contribution >= 4 is 0 Å². The number of hydrogen-bond donors (Lipinski definition) is 1. The molecule has 0 saturated carbocycles. The highest BCUT2D eigenvalue weighted by Gasteiger charge is 1.98. The van der Waals surface area contributed by atoms with Gasteiger partial charge in [-0.25, -0.2) is 0 Å². The maximum atomic E-state index is 5.60. The molecule has 0 aliphatic rings. The molecule has 0 aliphatic heterocycles. The Morgan fingerprint density at radius 3 is 2.76 bits per heavy atom. The summed E-state index contributed by atoms with van der Waals surface area (Å²) in [6.07, 6.45) is 5.31. The van der Waals surface area contributed by atoms with Crippen molar-refractivity contribution in [1.29, 1.82) is 0 Å². The maximum absolute atomic E-state index is 5.60. The van der Waals surface area contributed by atoms with Crippen molar-refractivity contribution in [3.63, 3.8) is 0 Å². The minimum Gasteiger partial charge on any atom is -0.487 e. The normalized spacial score (nSPS) is 10.2. The van der Waals surface area contributed by atoms with E-state index in [0.29, 0.717) is 13.2 Å². The number of aromatic nitrogens is 2. The van der Waals surface area contributed by atoms with Crippen molar-refractivity contribution < 1.29 is 4.74 Å². The number of nitrogens with zero attached hydrogens (tertiary/aromatic N) is 2. The number of pyridine rings is 2. The van der Waals surface area contributed by atoms with Crippen LogP contribution in [0.4, 0.5) is 0 Å². The fraction of sp³-hybridized carbons (Fsp3) is 0.231. The zero-order valence-electron chi connectivity index (χ0n) is 9.76. The molecule has 2 aromatic heterocycles. The summed E-state index contributed by atoms with van der Waals surface area (Å²) in [5, 5.41) is 0. The molecule has 4 nitrogen and oxygen atoms in total. The van der Waals surface area contributed by atoms with Crippen LogP contribution in [-0.4, -0.2) is 9.97 Å². The van der Waals surface area contributed by atoms with Crippen LogP contribution in [0, 0.1) is 6.92 Å². The minimum atomic E-state index is 0.447. The summed E-state index contributed by atoms with van der Waals surface area (Å²) in [5.41, 5.74) is 8.50. The number of nitrogens with two attached hydrogens (primary N) is 1. The second-order valence-corrected chi connectivity index (χ2v) is 3.85. The van der Waals surface area contributed by atoms with Crippen molar-refractivity contribution in [2.24, 2.45) is 5.73 Å². The molecule has 0 saturated heterocycles. The fourth-order valence-corrected chi connectivity index (χ4v) is 1.48. The Labute approximate surface area is 100 Å². The van der Waals surface area contributed by atoms with Gasteiger partial charge in [-0.05, 0) is 30.7 Å². The van der Waals surface area contributed by atoms with Crippen LogP contribution in [0.15, 0.2) is 36.8 Å². The minimum absolute atomic E-state index is 0.447. The van der Waals surface area contributed by atoms with Gasteiger partial charge in [0.1, 0.15) is 12.4 Å². The molecule has 0 spiro atoms. The number of aryl methyl sites for hydroxylation is 1. The lowest BCUT2D eigenvalue weighted by molar-refractivity contribution is 0.304. The Morgan fingerprint density at radius 1 is 1.24 bits per heavy atom. The van der Waals surface area contributed by atoms with Crippen LogP contribution in [0.2, 0.25) is 0 Å². The molecular formula is C13H15N3O. The lowest BCUT2D eigenvalue weighted by Gasteiger charge is -2.06. The molecule has 0 atom stereocenters. The first-order valence-corrected chi connectivity index (χ1v) is 5.46. The summed E-state index contributed by atoms with van der Waals surface area (Å²) in [6, 6.07) is 5.79. The molecule has 0 unspecified atom stereocenters. The standard InChI is InChI=1S/C13H15N3O/c1-10-4-11(7-15-6-10)9-17-13-3-2-12(5-14)16-8-13/h2-4,6-8H,5,9,14H2,1H3. The third kappa shape index (κ3) is 3.26. The summed E-state index contributed by atoms with van der Waals surface area (Å²) >= 11 is 0. The van der Waals surface area contributed by atoms with E-state index in [9.17, 15) is 0 Å². The predicted molar refractivity (Wildman–Crippen MR) is 65.4 cm³/mol. The zero-order chi connectivity index (χ0) is 12.1. The van der Waals surface area contributed by atoms with E-state index in [0.717, 1.165) is 22.6 Å². The smallest absolute Gasteiger partial charge is 0.138 e. The highest BCUT2D eigenvalue weighted by Crippen LogP contribution is 2.11. The molecule has 0 aromatic carbocycles. The van der Waals surface area contributed by atoms with E-state index >= 15 is 0 Å². The Balaban J connectivity index is 1.97. The molecule has 0 amide bonds. The zero-order valence-corrected chi connectivity index (χ0v) is 9.76. The van der Waals surface area contributed by atoms with Crippen molar-refractivity contribution in [1.82, 2.24) is 9.97 Å². The average molecular weight is 229 g/mol. The van der Waals surface area contributed by atoms with E-state index in [1.54, 1.807) is 12.4 Å². The van der Waals surface area contributed by atoms with Gasteiger partial charge in [0.15, 0.2) is 0 Å². The van der Waals surface area contributed by atoms with E-state index in [1.807, 2.05) is 25.3 Å². The van der Waals surface area contributed by atoms with Crippen molar-refractivity contribution in [3.05, 3.63) is 53.6 Å². The van der Waals surface area contributed by atoms with Gasteiger partial charge in [0.2, 0.25) is 0 Å². The first kappa shape index (κ1) is 11.5. The van der Waals surface area contributed by atoms with E-state index in [1.165, 1.54) is 0 Å². The summed E-state index contributed by atoms with van der Waals surface area (Å²) in [7, 11) is 0. The van der Waals surface area contributed by atoms with Crippen molar-refractivity contribution in [2.45, 2.75) is 20.1 Å². The quantitative estimate of drug-likeness (QED) is 0.868. The van der Waals surface area contributed by atoms with Crippen LogP contribution in [0.25, 0.3) is 0 Å². The number of rotatable bonds is 4. The lowest BCUT2D eigenvalue weighted by atomic mass is 10.2. The average Bonchev–Trinajstić information content (AvgIpc) is 2.37. The van der Waals surface area contributed by atoms with Gasteiger partial charge >= 0.3 is 0 Å². The Morgan fingerprint density at radius 2 is 2.12 bits per heavy atom. The predicted octanol–water partition coefficient (Wildman–Crippen LogP) is 1.82. The highest BCUT2D eigenvalue weighted by atomic mass is 16.5. The lowest BCUT2D eigenvalue weighted by Crippen LogP contribution is -2.00. The van der Waals surface area contributed by atoms with Crippen LogP contribution in [-0.2, 0) is 13.2 Å². The van der Waals surface area contributed by atoms with Crippen molar-refractivity contribution in [3.8, 4) is 5.75 Å². The van der Waals surface area contributed by atoms with Crippen LogP contribution in [0.1, 0.15) is 16.8 Å². The second-order valence-electron chi connectivity index (χ2n) is 3.85. The molecule has 0 bridgehead atoms. The molecule has 0 aliphatic carbocycles. The van der Waals surface area contributed by atoms with Gasteiger partial charge in [-0.15, -0.1) is 0 Å². The third-order valence-electron chi connectivity index (χ3n) is 2.34. The Hall–Kier alpha value is -1.94. The van der Waals surface area contributed by atoms with Crippen molar-refractivity contribution in [2.75, 3.05) is 0 Å².